The monoisotopic (exact) mass is 876 g/mol. The van der Waals surface area contributed by atoms with Gasteiger partial charge in [-0.25, -0.2) is 28.7 Å². The SMILES string of the molecule is C=CC(=O)Cc1cccc(Nc2nc(Cc3ccc(OCCOC)cc3)ncc2F)c1.COCCOc1ccc(Cc2ncc(F)c(Nc3cccc(CC(=O)C(O)CO)c3)n2)cc1. The molecular formula is C48H50F2N6O8. The Kier molecular flexibility index (Phi) is 18.9. The molecule has 2 aromatic heterocycles. The molecule has 334 valence electrons. The third-order valence-electron chi connectivity index (χ3n) is 9.18. The van der Waals surface area contributed by atoms with Gasteiger partial charge in [-0.2, -0.15) is 0 Å². The number of ether oxygens (including phenoxy) is 4. The Hall–Kier alpha value is -6.98. The summed E-state index contributed by atoms with van der Waals surface area (Å²) in [6, 6.07) is 29.0. The van der Waals surface area contributed by atoms with Crippen LogP contribution in [-0.4, -0.2) is 95.1 Å². The van der Waals surface area contributed by atoms with Crippen molar-refractivity contribution >= 4 is 34.6 Å². The van der Waals surface area contributed by atoms with Gasteiger partial charge >= 0.3 is 0 Å². The molecule has 0 aliphatic rings. The summed E-state index contributed by atoms with van der Waals surface area (Å²) in [6.45, 7) is 4.82. The standard InChI is InChI=1S/C24H26FN3O5.C24H24FN3O3/c1-32-9-10-33-19-7-5-16(6-8-19)13-23-26-14-20(25)24(28-23)27-18-4-2-3-17(11-18)12-21(30)22(31)15-29;1-3-20(29)14-18-5-4-6-19(13-18)27-24-22(25)16-26-23(28-24)15-17-7-9-21(10-8-17)31-12-11-30-2/h2-8,11,14,22,29,31H,9-10,12-13,15H2,1H3,(H,26,27,28);3-10,13,16H,1,11-12,14-15H2,2H3,(H,26,27,28). The topological polar surface area (TPSA) is 187 Å². The first kappa shape index (κ1) is 48.1. The van der Waals surface area contributed by atoms with Gasteiger partial charge in [-0.05, 0) is 76.9 Å². The van der Waals surface area contributed by atoms with Crippen LogP contribution in [0, 0.1) is 11.6 Å². The Labute approximate surface area is 370 Å². The van der Waals surface area contributed by atoms with Crippen molar-refractivity contribution in [3.05, 3.63) is 168 Å². The van der Waals surface area contributed by atoms with Gasteiger partial charge in [0, 0.05) is 51.3 Å². The van der Waals surface area contributed by atoms with E-state index in [-0.39, 0.29) is 30.3 Å². The summed E-state index contributed by atoms with van der Waals surface area (Å²) in [5.74, 6) is 0.731. The molecule has 6 aromatic rings. The number of hydrogen-bond acceptors (Lipinski definition) is 14. The molecule has 0 fully saturated rings. The van der Waals surface area contributed by atoms with E-state index in [1.165, 1.54) is 6.08 Å². The van der Waals surface area contributed by atoms with Crippen molar-refractivity contribution in [2.75, 3.05) is 57.9 Å². The van der Waals surface area contributed by atoms with E-state index < -0.39 is 30.1 Å². The molecule has 1 unspecified atom stereocenters. The summed E-state index contributed by atoms with van der Waals surface area (Å²) in [6.07, 6.45) is 3.16. The molecule has 0 saturated carbocycles. The maximum absolute atomic E-state index is 14.3. The molecule has 0 aliphatic heterocycles. The Morgan fingerprint density at radius 1 is 0.672 bits per heavy atom. The minimum atomic E-state index is -1.42. The quantitative estimate of drug-likeness (QED) is 0.0393. The number of aromatic nitrogens is 4. The van der Waals surface area contributed by atoms with E-state index in [1.807, 2.05) is 54.6 Å². The Balaban J connectivity index is 0.000000241. The van der Waals surface area contributed by atoms with Gasteiger partial charge in [0.2, 0.25) is 0 Å². The summed E-state index contributed by atoms with van der Waals surface area (Å²) < 4.78 is 49.6. The van der Waals surface area contributed by atoms with Crippen molar-refractivity contribution in [1.29, 1.82) is 0 Å². The minimum absolute atomic E-state index is 0.0124. The van der Waals surface area contributed by atoms with Gasteiger partial charge in [-0.15, -0.1) is 0 Å². The van der Waals surface area contributed by atoms with Crippen molar-refractivity contribution < 1.29 is 47.5 Å². The zero-order valence-electron chi connectivity index (χ0n) is 35.5. The Morgan fingerprint density at radius 2 is 1.12 bits per heavy atom. The molecule has 2 heterocycles. The molecule has 6 rings (SSSR count). The lowest BCUT2D eigenvalue weighted by Crippen LogP contribution is -2.25. The molecule has 0 saturated heterocycles. The molecular weight excluding hydrogens is 827 g/mol. The lowest BCUT2D eigenvalue weighted by atomic mass is 10.1. The number of methoxy groups -OCH3 is 2. The molecule has 0 bridgehead atoms. The molecule has 0 aliphatic carbocycles. The van der Waals surface area contributed by atoms with Crippen LogP contribution in [0.25, 0.3) is 0 Å². The zero-order valence-corrected chi connectivity index (χ0v) is 35.5. The van der Waals surface area contributed by atoms with Crippen LogP contribution in [-0.2, 0) is 44.7 Å². The number of nitrogens with one attached hydrogen (secondary N) is 2. The lowest BCUT2D eigenvalue weighted by Gasteiger charge is -2.11. The smallest absolute Gasteiger partial charge is 0.184 e. The van der Waals surface area contributed by atoms with E-state index in [4.69, 9.17) is 24.1 Å². The highest BCUT2D eigenvalue weighted by molar-refractivity contribution is 5.91. The third kappa shape index (κ3) is 15.7. The number of carbonyl (C=O) groups is 2. The number of ketones is 2. The molecule has 14 nitrogen and oxygen atoms in total. The minimum Gasteiger partial charge on any atom is -0.491 e. The molecule has 4 aromatic carbocycles. The summed E-state index contributed by atoms with van der Waals surface area (Å²) in [5.41, 5.74) is 4.49. The highest BCUT2D eigenvalue weighted by Crippen LogP contribution is 2.23. The van der Waals surface area contributed by atoms with E-state index in [0.717, 1.165) is 40.6 Å². The van der Waals surface area contributed by atoms with E-state index in [9.17, 15) is 23.5 Å². The first-order valence-corrected chi connectivity index (χ1v) is 20.2. The van der Waals surface area contributed by atoms with Gasteiger partial charge in [0.1, 0.15) is 42.5 Å². The molecule has 16 heteroatoms. The Bertz CT molecular complexity index is 2440. The van der Waals surface area contributed by atoms with Crippen LogP contribution in [0.3, 0.4) is 0 Å². The predicted octanol–water partition coefficient (Wildman–Crippen LogP) is 6.71. The van der Waals surface area contributed by atoms with Gasteiger partial charge in [-0.3, -0.25) is 9.59 Å². The first-order chi connectivity index (χ1) is 31.0. The molecule has 1 atom stereocenters. The van der Waals surface area contributed by atoms with E-state index in [0.29, 0.717) is 67.9 Å². The summed E-state index contributed by atoms with van der Waals surface area (Å²) >= 11 is 0. The van der Waals surface area contributed by atoms with Gasteiger partial charge in [0.05, 0.1) is 32.2 Å². The normalized spacial score (nSPS) is 11.2. The maximum Gasteiger partial charge on any atom is 0.184 e. The largest absolute Gasteiger partial charge is 0.491 e. The lowest BCUT2D eigenvalue weighted by molar-refractivity contribution is -0.128. The van der Waals surface area contributed by atoms with Crippen molar-refractivity contribution in [1.82, 2.24) is 19.9 Å². The van der Waals surface area contributed by atoms with Crippen LogP contribution in [0.5, 0.6) is 11.5 Å². The fourth-order valence-electron chi connectivity index (χ4n) is 5.90. The highest BCUT2D eigenvalue weighted by atomic mass is 19.1. The number of aliphatic hydroxyl groups excluding tert-OH is 2. The highest BCUT2D eigenvalue weighted by Gasteiger charge is 2.15. The van der Waals surface area contributed by atoms with E-state index in [1.54, 1.807) is 56.7 Å². The number of hydrogen-bond donors (Lipinski definition) is 4. The van der Waals surface area contributed by atoms with Crippen LogP contribution < -0.4 is 20.1 Å². The fraction of sp³-hybridized carbons (Fsp3) is 0.250. The number of rotatable bonds is 23. The van der Waals surface area contributed by atoms with Gasteiger partial charge in [0.15, 0.2) is 34.8 Å². The number of anilines is 4. The van der Waals surface area contributed by atoms with Gasteiger partial charge in [0.25, 0.3) is 0 Å². The Morgan fingerprint density at radius 3 is 1.55 bits per heavy atom. The van der Waals surface area contributed by atoms with Crippen molar-refractivity contribution in [3.8, 4) is 11.5 Å². The van der Waals surface area contributed by atoms with Crippen LogP contribution in [0.4, 0.5) is 31.8 Å². The predicted molar refractivity (Wildman–Crippen MR) is 237 cm³/mol. The van der Waals surface area contributed by atoms with E-state index >= 15 is 0 Å². The van der Waals surface area contributed by atoms with Gasteiger partial charge < -0.3 is 39.8 Å². The third-order valence-corrected chi connectivity index (χ3v) is 9.18. The second kappa shape index (κ2) is 25.2. The average Bonchev–Trinajstić information content (AvgIpc) is 3.30. The zero-order chi connectivity index (χ0) is 45.7. The molecule has 0 radical (unpaired) electrons. The maximum atomic E-state index is 14.3. The number of benzene rings is 4. The number of allylic oxidation sites excluding steroid dienone is 1. The van der Waals surface area contributed by atoms with Crippen LogP contribution in [0.15, 0.2) is 122 Å². The summed E-state index contributed by atoms with van der Waals surface area (Å²) in [7, 11) is 3.24. The second-order valence-electron chi connectivity index (χ2n) is 14.1. The first-order valence-electron chi connectivity index (χ1n) is 20.2. The summed E-state index contributed by atoms with van der Waals surface area (Å²) in [4.78, 5) is 40.2. The van der Waals surface area contributed by atoms with Crippen molar-refractivity contribution in [2.24, 2.45) is 0 Å². The number of Topliss-reactive ketones (excluding diaryl/α,β-unsaturated/α-hetero) is 1. The number of nitrogens with zero attached hydrogens (tertiary/aromatic N) is 4. The summed E-state index contributed by atoms with van der Waals surface area (Å²) in [5, 5.41) is 24.2. The fourth-order valence-corrected chi connectivity index (χ4v) is 5.90. The average molecular weight is 877 g/mol. The number of carbonyl (C=O) groups excluding carboxylic acids is 2. The van der Waals surface area contributed by atoms with Crippen LogP contribution in [0.1, 0.15) is 33.9 Å². The number of halogens is 2. The van der Waals surface area contributed by atoms with E-state index in [2.05, 4.69) is 37.1 Å². The number of aliphatic hydroxyl groups is 2. The molecule has 64 heavy (non-hydrogen) atoms. The van der Waals surface area contributed by atoms with Crippen molar-refractivity contribution in [2.45, 2.75) is 31.8 Å². The molecule has 0 amide bonds. The van der Waals surface area contributed by atoms with Crippen LogP contribution in [0.2, 0.25) is 0 Å². The second-order valence-corrected chi connectivity index (χ2v) is 14.1. The van der Waals surface area contributed by atoms with Gasteiger partial charge in [-0.1, -0.05) is 55.1 Å². The molecule has 4 N–H and O–H groups in total. The molecule has 0 spiro atoms. The van der Waals surface area contributed by atoms with Crippen molar-refractivity contribution in [3.63, 3.8) is 0 Å². The van der Waals surface area contributed by atoms with Crippen LogP contribution >= 0.6 is 0 Å².